The number of aliphatic hydroxyl groups is 1. The molecule has 0 saturated heterocycles. The maximum atomic E-state index is 12.3. The van der Waals surface area contributed by atoms with E-state index in [1.807, 2.05) is 31.2 Å². The van der Waals surface area contributed by atoms with Crippen LogP contribution in [0.1, 0.15) is 23.0 Å². The molecule has 1 amide bonds. The maximum Gasteiger partial charge on any atom is 0.257 e. The maximum absolute atomic E-state index is 12.3. The average Bonchev–Trinajstić information content (AvgIpc) is 3.18. The summed E-state index contributed by atoms with van der Waals surface area (Å²) in [7, 11) is 0. The first kappa shape index (κ1) is 19.6. The van der Waals surface area contributed by atoms with Gasteiger partial charge in [0.05, 0.1) is 6.61 Å². The Labute approximate surface area is 168 Å². The van der Waals surface area contributed by atoms with Gasteiger partial charge in [0.25, 0.3) is 5.91 Å². The first-order valence-electron chi connectivity index (χ1n) is 8.74. The number of amides is 1. The summed E-state index contributed by atoms with van der Waals surface area (Å²) in [4.78, 5) is 12.3. The number of furan rings is 1. The molecule has 3 N–H and O–H groups in total. The highest BCUT2D eigenvalue weighted by Gasteiger charge is 2.10. The molecule has 6 nitrogen and oxygen atoms in total. The van der Waals surface area contributed by atoms with Crippen molar-refractivity contribution in [2.75, 3.05) is 11.9 Å². The van der Waals surface area contributed by atoms with Gasteiger partial charge in [-0.05, 0) is 67.7 Å². The summed E-state index contributed by atoms with van der Waals surface area (Å²) in [6.07, 6.45) is 0. The number of aliphatic hydroxyl groups excluding tert-OH is 1. The minimum Gasteiger partial charge on any atom is -0.494 e. The van der Waals surface area contributed by atoms with Gasteiger partial charge < -0.3 is 19.6 Å². The third kappa shape index (κ3) is 4.97. The molecular weight excluding hydrogens is 376 g/mol. The van der Waals surface area contributed by atoms with Crippen molar-refractivity contribution in [3.8, 4) is 17.1 Å². The zero-order chi connectivity index (χ0) is 19.9. The largest absolute Gasteiger partial charge is 0.494 e. The van der Waals surface area contributed by atoms with Crippen LogP contribution in [0.15, 0.2) is 65.1 Å². The summed E-state index contributed by atoms with van der Waals surface area (Å²) < 4.78 is 10.9. The molecule has 0 unspecified atom stereocenters. The Balaban J connectivity index is 1.62. The highest BCUT2D eigenvalue weighted by molar-refractivity contribution is 7.80. The van der Waals surface area contributed by atoms with Crippen LogP contribution in [0.5, 0.6) is 5.75 Å². The Kier molecular flexibility index (Phi) is 6.41. The first-order chi connectivity index (χ1) is 13.6. The minimum absolute atomic E-state index is 0.153. The summed E-state index contributed by atoms with van der Waals surface area (Å²) in [5, 5.41) is 14.9. The number of ether oxygens (including phenoxy) is 1. The van der Waals surface area contributed by atoms with Gasteiger partial charge in [-0.2, -0.15) is 0 Å². The fraction of sp³-hybridized carbons (Fsp3) is 0.143. The van der Waals surface area contributed by atoms with Crippen LogP contribution in [0.4, 0.5) is 5.69 Å². The molecule has 0 atom stereocenters. The molecule has 2 aromatic carbocycles. The lowest BCUT2D eigenvalue weighted by Gasteiger charge is -2.11. The van der Waals surface area contributed by atoms with E-state index in [4.69, 9.17) is 26.5 Å². The van der Waals surface area contributed by atoms with Crippen molar-refractivity contribution < 1.29 is 19.1 Å². The molecule has 0 saturated carbocycles. The van der Waals surface area contributed by atoms with Crippen LogP contribution < -0.4 is 15.4 Å². The Bertz CT molecular complexity index is 967. The van der Waals surface area contributed by atoms with E-state index in [2.05, 4.69) is 10.6 Å². The van der Waals surface area contributed by atoms with Crippen LogP contribution in [0.2, 0.25) is 0 Å². The summed E-state index contributed by atoms with van der Waals surface area (Å²) in [6.45, 7) is 2.31. The number of thiocarbonyl (C=S) groups is 1. The molecule has 1 heterocycles. The van der Waals surface area contributed by atoms with E-state index in [1.165, 1.54) is 0 Å². The van der Waals surface area contributed by atoms with E-state index in [0.717, 1.165) is 5.56 Å². The molecule has 0 spiro atoms. The van der Waals surface area contributed by atoms with Gasteiger partial charge in [-0.15, -0.1) is 0 Å². The van der Waals surface area contributed by atoms with E-state index < -0.39 is 0 Å². The predicted molar refractivity (Wildman–Crippen MR) is 111 cm³/mol. The van der Waals surface area contributed by atoms with E-state index in [-0.39, 0.29) is 17.6 Å². The second-order valence-corrected chi connectivity index (χ2v) is 6.28. The van der Waals surface area contributed by atoms with Gasteiger partial charge in [0, 0.05) is 16.8 Å². The second-order valence-electron chi connectivity index (χ2n) is 5.87. The number of anilines is 1. The van der Waals surface area contributed by atoms with Crippen LogP contribution in [0.3, 0.4) is 0 Å². The Morgan fingerprint density at radius 1 is 1.14 bits per heavy atom. The third-order valence-corrected chi connectivity index (χ3v) is 4.08. The zero-order valence-corrected chi connectivity index (χ0v) is 16.1. The lowest BCUT2D eigenvalue weighted by atomic mass is 10.1. The van der Waals surface area contributed by atoms with Gasteiger partial charge in [-0.3, -0.25) is 10.1 Å². The SMILES string of the molecule is CCOc1ccc(C(=O)NC(=S)Nc2cccc(-c3ccc(CO)o3)c2)cc1. The lowest BCUT2D eigenvalue weighted by Crippen LogP contribution is -2.34. The number of hydrogen-bond donors (Lipinski definition) is 3. The summed E-state index contributed by atoms with van der Waals surface area (Å²) in [5.41, 5.74) is 2.01. The third-order valence-electron chi connectivity index (χ3n) is 3.88. The topological polar surface area (TPSA) is 83.7 Å². The van der Waals surface area contributed by atoms with Crippen molar-refractivity contribution in [3.63, 3.8) is 0 Å². The first-order valence-corrected chi connectivity index (χ1v) is 9.15. The molecule has 0 bridgehead atoms. The highest BCUT2D eigenvalue weighted by atomic mass is 32.1. The quantitative estimate of drug-likeness (QED) is 0.547. The molecule has 3 aromatic rings. The molecule has 28 heavy (non-hydrogen) atoms. The highest BCUT2D eigenvalue weighted by Crippen LogP contribution is 2.25. The molecular formula is C21H20N2O4S. The summed E-state index contributed by atoms with van der Waals surface area (Å²) in [6, 6.07) is 17.7. The van der Waals surface area contributed by atoms with Crippen LogP contribution >= 0.6 is 12.2 Å². The summed E-state index contributed by atoms with van der Waals surface area (Å²) in [5.74, 6) is 1.53. The van der Waals surface area contributed by atoms with Crippen molar-refractivity contribution in [3.05, 3.63) is 72.0 Å². The van der Waals surface area contributed by atoms with Gasteiger partial charge in [-0.1, -0.05) is 12.1 Å². The summed E-state index contributed by atoms with van der Waals surface area (Å²) >= 11 is 5.24. The normalized spacial score (nSPS) is 10.4. The molecule has 3 rings (SSSR count). The van der Waals surface area contributed by atoms with Crippen LogP contribution in [0, 0.1) is 0 Å². The van der Waals surface area contributed by atoms with Crippen LogP contribution in [0.25, 0.3) is 11.3 Å². The zero-order valence-electron chi connectivity index (χ0n) is 15.3. The monoisotopic (exact) mass is 396 g/mol. The van der Waals surface area contributed by atoms with Gasteiger partial charge >= 0.3 is 0 Å². The molecule has 0 fully saturated rings. The van der Waals surface area contributed by atoms with Gasteiger partial charge in [-0.25, -0.2) is 0 Å². The van der Waals surface area contributed by atoms with Gasteiger partial charge in [0.1, 0.15) is 23.9 Å². The second kappa shape index (κ2) is 9.16. The fourth-order valence-electron chi connectivity index (χ4n) is 2.58. The number of benzene rings is 2. The van der Waals surface area contributed by atoms with Crippen molar-refractivity contribution in [2.45, 2.75) is 13.5 Å². The van der Waals surface area contributed by atoms with Crippen LogP contribution in [-0.4, -0.2) is 22.7 Å². The van der Waals surface area contributed by atoms with E-state index in [1.54, 1.807) is 36.4 Å². The lowest BCUT2D eigenvalue weighted by molar-refractivity contribution is 0.0977. The number of rotatable bonds is 6. The molecule has 0 aliphatic carbocycles. The Morgan fingerprint density at radius 2 is 1.93 bits per heavy atom. The minimum atomic E-state index is -0.310. The van der Waals surface area contributed by atoms with Gasteiger partial charge in [0.2, 0.25) is 0 Å². The van der Waals surface area contributed by atoms with Crippen molar-refractivity contribution in [1.82, 2.24) is 5.32 Å². The molecule has 0 aliphatic heterocycles. The van der Waals surface area contributed by atoms with Crippen molar-refractivity contribution in [2.24, 2.45) is 0 Å². The van der Waals surface area contributed by atoms with E-state index >= 15 is 0 Å². The van der Waals surface area contributed by atoms with E-state index in [0.29, 0.717) is 35.1 Å². The van der Waals surface area contributed by atoms with Crippen molar-refractivity contribution >= 4 is 28.9 Å². The van der Waals surface area contributed by atoms with E-state index in [9.17, 15) is 4.79 Å². The number of nitrogens with one attached hydrogen (secondary N) is 2. The van der Waals surface area contributed by atoms with Crippen LogP contribution in [-0.2, 0) is 6.61 Å². The Hall–Kier alpha value is -3.16. The molecule has 7 heteroatoms. The predicted octanol–water partition coefficient (Wildman–Crippen LogP) is 3.96. The smallest absolute Gasteiger partial charge is 0.257 e. The average molecular weight is 396 g/mol. The fourth-order valence-corrected chi connectivity index (χ4v) is 2.79. The van der Waals surface area contributed by atoms with Crippen molar-refractivity contribution in [1.29, 1.82) is 0 Å². The Morgan fingerprint density at radius 3 is 2.61 bits per heavy atom. The number of carbonyl (C=O) groups excluding carboxylic acids is 1. The number of carbonyl (C=O) groups is 1. The molecule has 144 valence electrons. The number of hydrogen-bond acceptors (Lipinski definition) is 5. The van der Waals surface area contributed by atoms with Gasteiger partial charge in [0.15, 0.2) is 5.11 Å². The molecule has 1 aromatic heterocycles. The molecule has 0 aliphatic rings. The standard InChI is InChI=1S/C21H20N2O4S/c1-2-26-17-8-6-14(7-9-17)20(25)23-21(28)22-16-5-3-4-15(12-16)19-11-10-18(13-24)27-19/h3-12,24H,2,13H2,1H3,(H2,22,23,25,28). The molecule has 0 radical (unpaired) electrons.